The SMILES string of the molecule is CCCNC(CCS(C)(=O)=O)C(C)(C)C. The Hall–Kier alpha value is -0.0900. The average molecular weight is 235 g/mol. The molecule has 0 aliphatic rings. The molecule has 1 unspecified atom stereocenters. The second-order valence-electron chi connectivity index (χ2n) is 5.29. The van der Waals surface area contributed by atoms with E-state index in [9.17, 15) is 8.42 Å². The monoisotopic (exact) mass is 235 g/mol. The lowest BCUT2D eigenvalue weighted by Gasteiger charge is -2.31. The molecular weight excluding hydrogens is 210 g/mol. The van der Waals surface area contributed by atoms with E-state index >= 15 is 0 Å². The largest absolute Gasteiger partial charge is 0.313 e. The summed E-state index contributed by atoms with van der Waals surface area (Å²) in [5.74, 6) is 0.269. The zero-order valence-corrected chi connectivity index (χ0v) is 11.4. The first-order chi connectivity index (χ1) is 6.67. The first-order valence-corrected chi connectivity index (χ1v) is 7.64. The molecule has 0 bridgehead atoms. The highest BCUT2D eigenvalue weighted by Gasteiger charge is 2.24. The van der Waals surface area contributed by atoms with Gasteiger partial charge >= 0.3 is 0 Å². The molecule has 0 radical (unpaired) electrons. The molecule has 1 atom stereocenters. The van der Waals surface area contributed by atoms with Gasteiger partial charge in [0.1, 0.15) is 9.84 Å². The fraction of sp³-hybridized carbons (Fsp3) is 1.00. The maximum atomic E-state index is 11.1. The Kier molecular flexibility index (Phi) is 5.81. The van der Waals surface area contributed by atoms with Gasteiger partial charge in [0.05, 0.1) is 5.75 Å². The summed E-state index contributed by atoms with van der Waals surface area (Å²) in [6, 6.07) is 0.271. The molecule has 92 valence electrons. The predicted molar refractivity (Wildman–Crippen MR) is 65.9 cm³/mol. The second kappa shape index (κ2) is 5.85. The molecule has 0 fully saturated rings. The maximum Gasteiger partial charge on any atom is 0.147 e. The lowest BCUT2D eigenvalue weighted by Crippen LogP contribution is -2.41. The van der Waals surface area contributed by atoms with E-state index in [1.54, 1.807) is 0 Å². The van der Waals surface area contributed by atoms with Crippen LogP contribution in [0.4, 0.5) is 0 Å². The summed E-state index contributed by atoms with van der Waals surface area (Å²) in [6.45, 7) is 9.49. The van der Waals surface area contributed by atoms with Gasteiger partial charge in [-0.25, -0.2) is 8.42 Å². The van der Waals surface area contributed by atoms with Gasteiger partial charge in [-0.1, -0.05) is 27.7 Å². The van der Waals surface area contributed by atoms with E-state index in [4.69, 9.17) is 0 Å². The summed E-state index contributed by atoms with van der Waals surface area (Å²) < 4.78 is 22.2. The Bertz CT molecular complexity index is 265. The van der Waals surface area contributed by atoms with Gasteiger partial charge in [0, 0.05) is 12.3 Å². The first-order valence-electron chi connectivity index (χ1n) is 5.58. The zero-order chi connectivity index (χ0) is 12.1. The fourth-order valence-electron chi connectivity index (χ4n) is 1.49. The summed E-state index contributed by atoms with van der Waals surface area (Å²) in [4.78, 5) is 0. The molecule has 4 heteroatoms. The third-order valence-electron chi connectivity index (χ3n) is 2.46. The number of nitrogens with one attached hydrogen (secondary N) is 1. The van der Waals surface area contributed by atoms with E-state index in [0.717, 1.165) is 13.0 Å². The van der Waals surface area contributed by atoms with Crippen molar-refractivity contribution in [3.8, 4) is 0 Å². The molecule has 1 N–H and O–H groups in total. The quantitative estimate of drug-likeness (QED) is 0.764. The average Bonchev–Trinajstić information content (AvgIpc) is 1.99. The van der Waals surface area contributed by atoms with E-state index in [0.29, 0.717) is 6.42 Å². The van der Waals surface area contributed by atoms with Gasteiger partial charge in [-0.05, 0) is 24.8 Å². The van der Waals surface area contributed by atoms with Crippen molar-refractivity contribution in [2.24, 2.45) is 5.41 Å². The van der Waals surface area contributed by atoms with Crippen LogP contribution in [0.2, 0.25) is 0 Å². The molecule has 15 heavy (non-hydrogen) atoms. The molecule has 0 saturated carbocycles. The van der Waals surface area contributed by atoms with E-state index in [1.165, 1.54) is 6.26 Å². The Labute approximate surface area is 94.6 Å². The lowest BCUT2D eigenvalue weighted by molar-refractivity contribution is 0.262. The van der Waals surface area contributed by atoms with Crippen LogP contribution in [0.3, 0.4) is 0 Å². The summed E-state index contributed by atoms with van der Waals surface area (Å²) >= 11 is 0. The summed E-state index contributed by atoms with van der Waals surface area (Å²) in [5.41, 5.74) is 0.111. The minimum atomic E-state index is -2.84. The molecule has 0 amide bonds. The molecule has 0 aromatic rings. The van der Waals surface area contributed by atoms with Crippen molar-refractivity contribution in [3.63, 3.8) is 0 Å². The van der Waals surface area contributed by atoms with Gasteiger partial charge in [-0.2, -0.15) is 0 Å². The van der Waals surface area contributed by atoms with Crippen LogP contribution >= 0.6 is 0 Å². The van der Waals surface area contributed by atoms with Crippen LogP contribution in [-0.2, 0) is 9.84 Å². The summed E-state index contributed by atoms with van der Waals surface area (Å²) in [5, 5.41) is 3.42. The molecule has 0 spiro atoms. The third-order valence-corrected chi connectivity index (χ3v) is 3.44. The van der Waals surface area contributed by atoms with E-state index < -0.39 is 9.84 Å². The van der Waals surface area contributed by atoms with E-state index in [2.05, 4.69) is 33.0 Å². The predicted octanol–water partition coefficient (Wildman–Crippen LogP) is 1.84. The molecule has 0 heterocycles. The van der Waals surface area contributed by atoms with Crippen molar-refractivity contribution in [3.05, 3.63) is 0 Å². The zero-order valence-electron chi connectivity index (χ0n) is 10.6. The topological polar surface area (TPSA) is 46.2 Å². The molecule has 0 saturated heterocycles. The molecule has 0 aromatic heterocycles. The van der Waals surface area contributed by atoms with Crippen LogP contribution in [0.5, 0.6) is 0 Å². The second-order valence-corrected chi connectivity index (χ2v) is 7.55. The normalized spacial score (nSPS) is 15.3. The van der Waals surface area contributed by atoms with Crippen LogP contribution in [0.25, 0.3) is 0 Å². The smallest absolute Gasteiger partial charge is 0.147 e. The van der Waals surface area contributed by atoms with Gasteiger partial charge in [0.25, 0.3) is 0 Å². The number of rotatable bonds is 6. The lowest BCUT2D eigenvalue weighted by atomic mass is 9.85. The van der Waals surface area contributed by atoms with Crippen molar-refractivity contribution in [2.75, 3.05) is 18.6 Å². The Balaban J connectivity index is 4.26. The van der Waals surface area contributed by atoms with Crippen molar-refractivity contribution in [2.45, 2.75) is 46.6 Å². The minimum absolute atomic E-state index is 0.111. The molecular formula is C11H25NO2S. The van der Waals surface area contributed by atoms with Gasteiger partial charge < -0.3 is 5.32 Å². The van der Waals surface area contributed by atoms with Gasteiger partial charge in [0.2, 0.25) is 0 Å². The van der Waals surface area contributed by atoms with Crippen molar-refractivity contribution in [1.29, 1.82) is 0 Å². The first kappa shape index (κ1) is 14.9. The molecule has 3 nitrogen and oxygen atoms in total. The highest BCUT2D eigenvalue weighted by Crippen LogP contribution is 2.22. The molecule has 0 aromatic carbocycles. The standard InChI is InChI=1S/C11H25NO2S/c1-6-8-12-10(11(2,3)4)7-9-15(5,13)14/h10,12H,6-9H2,1-5H3. The Morgan fingerprint density at radius 3 is 2.13 bits per heavy atom. The van der Waals surface area contributed by atoms with Crippen molar-refractivity contribution < 1.29 is 8.42 Å². The van der Waals surface area contributed by atoms with Crippen LogP contribution in [0, 0.1) is 5.41 Å². The summed E-state index contributed by atoms with van der Waals surface area (Å²) in [7, 11) is -2.84. The highest BCUT2D eigenvalue weighted by atomic mass is 32.2. The van der Waals surface area contributed by atoms with Crippen LogP contribution in [0.15, 0.2) is 0 Å². The van der Waals surface area contributed by atoms with E-state index in [-0.39, 0.29) is 17.2 Å². The van der Waals surface area contributed by atoms with Crippen molar-refractivity contribution >= 4 is 9.84 Å². The Morgan fingerprint density at radius 1 is 1.27 bits per heavy atom. The van der Waals surface area contributed by atoms with Crippen molar-refractivity contribution in [1.82, 2.24) is 5.32 Å². The van der Waals surface area contributed by atoms with E-state index in [1.807, 2.05) is 0 Å². The van der Waals surface area contributed by atoms with Gasteiger partial charge in [0.15, 0.2) is 0 Å². The minimum Gasteiger partial charge on any atom is -0.313 e. The number of sulfone groups is 1. The van der Waals surface area contributed by atoms with Gasteiger partial charge in [-0.3, -0.25) is 0 Å². The summed E-state index contributed by atoms with van der Waals surface area (Å²) in [6.07, 6.45) is 3.07. The maximum absolute atomic E-state index is 11.1. The molecule has 0 aliphatic carbocycles. The number of hydrogen-bond donors (Lipinski definition) is 1. The fourth-order valence-corrected chi connectivity index (χ4v) is 2.16. The van der Waals surface area contributed by atoms with Crippen LogP contribution in [0.1, 0.15) is 40.5 Å². The van der Waals surface area contributed by atoms with Crippen LogP contribution < -0.4 is 5.32 Å². The molecule has 0 aliphatic heterocycles. The van der Waals surface area contributed by atoms with Gasteiger partial charge in [-0.15, -0.1) is 0 Å². The Morgan fingerprint density at radius 2 is 1.80 bits per heavy atom. The van der Waals surface area contributed by atoms with Crippen LogP contribution in [-0.4, -0.2) is 33.0 Å². The third kappa shape index (κ3) is 7.79. The highest BCUT2D eigenvalue weighted by molar-refractivity contribution is 7.90. The number of hydrogen-bond acceptors (Lipinski definition) is 3. The molecule has 0 rings (SSSR count).